The first-order chi connectivity index (χ1) is 21.7. The lowest BCUT2D eigenvalue weighted by Crippen LogP contribution is -2.55. The lowest BCUT2D eigenvalue weighted by atomic mass is 9.71. The maximum atomic E-state index is 15.2. The molecule has 0 bridgehead atoms. The van der Waals surface area contributed by atoms with E-state index in [1.54, 1.807) is 0 Å². The summed E-state index contributed by atoms with van der Waals surface area (Å²) in [5.41, 5.74) is -10.5. The van der Waals surface area contributed by atoms with Crippen molar-refractivity contribution in [1.29, 1.82) is 0 Å². The molecule has 0 spiro atoms. The Bertz CT molecular complexity index is 1890. The molecule has 0 aromatic heterocycles. The average molecular weight is 701 g/mol. The van der Waals surface area contributed by atoms with Gasteiger partial charge in [-0.25, -0.2) is 0 Å². The molecule has 0 atom stereocenters. The van der Waals surface area contributed by atoms with Crippen molar-refractivity contribution in [3.8, 4) is 11.5 Å². The predicted molar refractivity (Wildman–Crippen MR) is 156 cm³/mol. The molecule has 0 radical (unpaired) electrons. The van der Waals surface area contributed by atoms with E-state index < -0.39 is 83.3 Å². The van der Waals surface area contributed by atoms with E-state index in [0.29, 0.717) is 36.8 Å². The highest BCUT2D eigenvalue weighted by Crippen LogP contribution is 2.57. The quantitative estimate of drug-likeness (QED) is 0.108. The van der Waals surface area contributed by atoms with Crippen molar-refractivity contribution in [3.63, 3.8) is 0 Å². The fourth-order valence-electron chi connectivity index (χ4n) is 4.82. The minimum Gasteiger partial charge on any atom is -0.382 e. The second-order valence-electron chi connectivity index (χ2n) is 10.1. The topological polar surface area (TPSA) is 121 Å². The van der Waals surface area contributed by atoms with Crippen molar-refractivity contribution < 1.29 is 61.1 Å². The second kappa shape index (κ2) is 12.5. The summed E-state index contributed by atoms with van der Waals surface area (Å²) < 4.78 is 148. The Labute approximate surface area is 264 Å². The van der Waals surface area contributed by atoms with Crippen molar-refractivity contribution in [2.45, 2.75) is 17.8 Å². The van der Waals surface area contributed by atoms with Crippen molar-refractivity contribution in [2.75, 3.05) is 12.5 Å². The lowest BCUT2D eigenvalue weighted by molar-refractivity contribution is -0.288. The van der Waals surface area contributed by atoms with Gasteiger partial charge in [0.25, 0.3) is 0 Å². The number of hydrogen-bond acceptors (Lipinski definition) is 8. The van der Waals surface area contributed by atoms with Gasteiger partial charge in [-0.1, -0.05) is 72.8 Å². The molecule has 4 aromatic carbocycles. The molecular formula is C31H22F6O8S2. The Balaban J connectivity index is 2.10. The van der Waals surface area contributed by atoms with Crippen LogP contribution in [0, 0.1) is 0 Å². The van der Waals surface area contributed by atoms with Crippen LogP contribution in [0.15, 0.2) is 97.1 Å². The second-order valence-corrected chi connectivity index (χ2v) is 13.3. The van der Waals surface area contributed by atoms with Gasteiger partial charge in [0.15, 0.2) is 23.1 Å². The average Bonchev–Trinajstić information content (AvgIpc) is 2.96. The number of ketones is 2. The zero-order valence-electron chi connectivity index (χ0n) is 24.1. The maximum absolute atomic E-state index is 15.2. The van der Waals surface area contributed by atoms with Crippen LogP contribution in [-0.2, 0) is 25.7 Å². The van der Waals surface area contributed by atoms with E-state index in [0.717, 1.165) is 0 Å². The van der Waals surface area contributed by atoms with Gasteiger partial charge in [0.2, 0.25) is 5.41 Å². The van der Waals surface area contributed by atoms with Gasteiger partial charge in [-0.15, -0.1) is 0 Å². The van der Waals surface area contributed by atoms with Crippen LogP contribution in [0.25, 0.3) is 0 Å². The largest absolute Gasteiger partial charge is 0.411 e. The number of halogens is 6. The van der Waals surface area contributed by atoms with Crippen LogP contribution in [0.4, 0.5) is 26.3 Å². The van der Waals surface area contributed by atoms with E-state index in [4.69, 9.17) is 8.37 Å². The Hall–Kier alpha value is -4.70. The summed E-state index contributed by atoms with van der Waals surface area (Å²) in [6.07, 6.45) is -11.4. The first-order valence-electron chi connectivity index (χ1n) is 13.1. The Morgan fingerprint density at radius 1 is 0.532 bits per heavy atom. The lowest BCUT2D eigenvalue weighted by Gasteiger charge is -2.38. The summed E-state index contributed by atoms with van der Waals surface area (Å²) in [6, 6.07) is 15.2. The molecular weight excluding hydrogens is 678 g/mol. The number of rotatable bonds is 10. The third kappa shape index (κ3) is 7.33. The molecule has 0 unspecified atom stereocenters. The summed E-state index contributed by atoms with van der Waals surface area (Å²) in [6.45, 7) is 0. The van der Waals surface area contributed by atoms with Gasteiger partial charge in [0, 0.05) is 11.1 Å². The van der Waals surface area contributed by atoms with Crippen LogP contribution >= 0.6 is 0 Å². The van der Waals surface area contributed by atoms with Crippen molar-refractivity contribution >= 4 is 31.8 Å². The molecule has 0 heterocycles. The molecule has 0 aliphatic carbocycles. The third-order valence-corrected chi connectivity index (χ3v) is 7.68. The molecule has 16 heteroatoms. The zero-order valence-corrected chi connectivity index (χ0v) is 25.7. The standard InChI is InChI=1S/C31H22F6O8S2/c1-46(40,41)44-25-15-13-21(17-23(25)27(38)19-9-5-3-6-10-19)29(30(32,33)34,31(35,36)37)22-14-16-26(45-47(2,42)43)24(18-22)28(39)20-11-7-4-8-12-20/h3-18H,1-2H3. The number of hydrogen-bond donors (Lipinski definition) is 0. The predicted octanol–water partition coefficient (Wildman–Crippen LogP) is 6.24. The van der Waals surface area contributed by atoms with Gasteiger partial charge in [-0.05, 0) is 35.4 Å². The summed E-state index contributed by atoms with van der Waals surface area (Å²) in [4.78, 5) is 26.8. The van der Waals surface area contributed by atoms with Gasteiger partial charge < -0.3 is 8.37 Å². The molecule has 0 aliphatic rings. The highest BCUT2D eigenvalue weighted by Gasteiger charge is 2.72. The first-order valence-corrected chi connectivity index (χ1v) is 16.7. The summed E-state index contributed by atoms with van der Waals surface area (Å²) in [5, 5.41) is 0. The van der Waals surface area contributed by atoms with E-state index in [2.05, 4.69) is 0 Å². The van der Waals surface area contributed by atoms with Crippen LogP contribution in [0.3, 0.4) is 0 Å². The highest BCUT2D eigenvalue weighted by molar-refractivity contribution is 7.86. The Kier molecular flexibility index (Phi) is 9.34. The number of carbonyl (C=O) groups is 2. The Morgan fingerprint density at radius 2 is 0.851 bits per heavy atom. The fraction of sp³-hybridized carbons (Fsp3) is 0.161. The van der Waals surface area contributed by atoms with Gasteiger partial charge in [0.05, 0.1) is 23.6 Å². The minimum atomic E-state index is -6.23. The maximum Gasteiger partial charge on any atom is 0.411 e. The molecule has 47 heavy (non-hydrogen) atoms. The van der Waals surface area contributed by atoms with Gasteiger partial charge in [-0.3, -0.25) is 9.59 Å². The molecule has 0 fully saturated rings. The molecule has 0 N–H and O–H groups in total. The molecule has 0 aliphatic heterocycles. The normalized spacial score (nSPS) is 12.8. The van der Waals surface area contributed by atoms with Crippen molar-refractivity contribution in [3.05, 3.63) is 130 Å². The van der Waals surface area contributed by atoms with E-state index in [-0.39, 0.29) is 23.3 Å². The van der Waals surface area contributed by atoms with E-state index in [1.165, 1.54) is 60.7 Å². The van der Waals surface area contributed by atoms with E-state index >= 15 is 26.3 Å². The zero-order chi connectivity index (χ0) is 35.0. The third-order valence-electron chi connectivity index (χ3n) is 6.72. The van der Waals surface area contributed by atoms with E-state index in [9.17, 15) is 26.4 Å². The smallest absolute Gasteiger partial charge is 0.382 e. The summed E-state index contributed by atoms with van der Waals surface area (Å²) >= 11 is 0. The van der Waals surface area contributed by atoms with Crippen LogP contribution in [0.5, 0.6) is 11.5 Å². The van der Waals surface area contributed by atoms with Gasteiger partial charge >= 0.3 is 32.6 Å². The van der Waals surface area contributed by atoms with Gasteiger partial charge in [-0.2, -0.15) is 43.2 Å². The van der Waals surface area contributed by atoms with Crippen molar-refractivity contribution in [2.24, 2.45) is 0 Å². The fourth-order valence-corrected chi connectivity index (χ4v) is 5.77. The van der Waals surface area contributed by atoms with Crippen LogP contribution < -0.4 is 8.37 Å². The van der Waals surface area contributed by atoms with Crippen LogP contribution in [0.2, 0.25) is 0 Å². The SMILES string of the molecule is CS(=O)(=O)Oc1ccc(C(c2ccc(OS(C)(=O)=O)c(C(=O)c3ccccc3)c2)(C(F)(F)F)C(F)(F)F)cc1C(=O)c1ccccc1. The summed E-state index contributed by atoms with van der Waals surface area (Å²) in [7, 11) is -8.86. The van der Waals surface area contributed by atoms with Crippen molar-refractivity contribution in [1.82, 2.24) is 0 Å². The number of benzene rings is 4. The molecule has 0 saturated carbocycles. The molecule has 8 nitrogen and oxygen atoms in total. The number of carbonyl (C=O) groups excluding carboxylic acids is 2. The minimum absolute atomic E-state index is 0.217. The first kappa shape index (κ1) is 35.2. The summed E-state index contributed by atoms with van der Waals surface area (Å²) in [5.74, 6) is -4.03. The molecule has 4 aromatic rings. The van der Waals surface area contributed by atoms with Gasteiger partial charge in [0.1, 0.15) is 0 Å². The molecule has 4 rings (SSSR count). The van der Waals surface area contributed by atoms with Crippen LogP contribution in [0.1, 0.15) is 43.0 Å². The highest BCUT2D eigenvalue weighted by atomic mass is 32.2. The monoisotopic (exact) mass is 700 g/mol. The van der Waals surface area contributed by atoms with E-state index in [1.807, 2.05) is 0 Å². The molecule has 0 saturated heterocycles. The molecule has 248 valence electrons. The van der Waals surface area contributed by atoms with Crippen LogP contribution in [-0.4, -0.2) is 53.3 Å². The molecule has 0 amide bonds. The Morgan fingerprint density at radius 3 is 1.13 bits per heavy atom. The number of alkyl halides is 6.